The molecule has 0 aliphatic carbocycles. The number of rotatable bonds is 6. The molecule has 0 saturated heterocycles. The lowest BCUT2D eigenvalue weighted by Crippen LogP contribution is -2.37. The normalized spacial score (nSPS) is 12.5. The number of hydrogen-bond donors (Lipinski definition) is 1. The number of unbranched alkanes of at least 4 members (excludes halogenated alkanes) is 2. The van der Waals surface area contributed by atoms with Crippen molar-refractivity contribution in [3.63, 3.8) is 0 Å². The van der Waals surface area contributed by atoms with Crippen molar-refractivity contribution in [2.75, 3.05) is 13.6 Å². The summed E-state index contributed by atoms with van der Waals surface area (Å²) in [4.78, 5) is 12.3. The smallest absolute Gasteiger partial charge is 0.333 e. The van der Waals surface area contributed by atoms with Gasteiger partial charge in [0.05, 0.1) is 0 Å². The van der Waals surface area contributed by atoms with Crippen molar-refractivity contribution in [3.05, 3.63) is 0 Å². The fourth-order valence-electron chi connectivity index (χ4n) is 1.13. The Balaban J connectivity index is 3.86. The van der Waals surface area contributed by atoms with Crippen LogP contribution in [0.5, 0.6) is 0 Å². The first-order chi connectivity index (χ1) is 6.13. The van der Waals surface area contributed by atoms with Crippen molar-refractivity contribution >= 4 is 5.97 Å². The lowest BCUT2D eigenvalue weighted by atomic mass is 10.2. The summed E-state index contributed by atoms with van der Waals surface area (Å²) in [6.45, 7) is 2.85. The lowest BCUT2D eigenvalue weighted by Gasteiger charge is -2.19. The fraction of sp³-hybridized carbons (Fsp3) is 0.700. The minimum absolute atomic E-state index is 0.745. The topological polar surface area (TPSA) is 40.5 Å². The standard InChI is InChI=1S/C10H17NO2/c1-4-6-7-8-11(3)9(5-2)10(12)13/h2,9H,4,6-8H2,1,3H3,(H,12,13)/t9-/m0/s1. The first-order valence-corrected chi connectivity index (χ1v) is 4.52. The molecule has 74 valence electrons. The van der Waals surface area contributed by atoms with Crippen LogP contribution >= 0.6 is 0 Å². The van der Waals surface area contributed by atoms with Crippen LogP contribution in [-0.2, 0) is 4.79 Å². The second kappa shape index (κ2) is 6.50. The number of hydrogen-bond acceptors (Lipinski definition) is 2. The second-order valence-electron chi connectivity index (χ2n) is 3.10. The van der Waals surface area contributed by atoms with Crippen molar-refractivity contribution < 1.29 is 9.90 Å². The molecule has 0 radical (unpaired) electrons. The first-order valence-electron chi connectivity index (χ1n) is 4.52. The van der Waals surface area contributed by atoms with Crippen LogP contribution in [0.4, 0.5) is 0 Å². The first kappa shape index (κ1) is 12.0. The van der Waals surface area contributed by atoms with E-state index in [-0.39, 0.29) is 0 Å². The molecule has 0 spiro atoms. The molecule has 0 unspecified atom stereocenters. The monoisotopic (exact) mass is 183 g/mol. The van der Waals surface area contributed by atoms with E-state index < -0.39 is 12.0 Å². The Bertz CT molecular complexity index is 196. The van der Waals surface area contributed by atoms with E-state index in [1.165, 1.54) is 0 Å². The molecule has 13 heavy (non-hydrogen) atoms. The van der Waals surface area contributed by atoms with Gasteiger partial charge in [-0.25, -0.2) is 4.79 Å². The van der Waals surface area contributed by atoms with Gasteiger partial charge in [0.25, 0.3) is 0 Å². The minimum Gasteiger partial charge on any atom is -0.479 e. The second-order valence-corrected chi connectivity index (χ2v) is 3.10. The predicted molar refractivity (Wildman–Crippen MR) is 52.4 cm³/mol. The molecule has 0 heterocycles. The van der Waals surface area contributed by atoms with Crippen LogP contribution < -0.4 is 0 Å². The van der Waals surface area contributed by atoms with Crippen LogP contribution in [0.1, 0.15) is 26.2 Å². The molecule has 0 bridgehead atoms. The van der Waals surface area contributed by atoms with Gasteiger partial charge in [-0.15, -0.1) is 6.42 Å². The Morgan fingerprint density at radius 1 is 1.62 bits per heavy atom. The molecule has 3 nitrogen and oxygen atoms in total. The summed E-state index contributed by atoms with van der Waals surface area (Å²) in [7, 11) is 1.74. The van der Waals surface area contributed by atoms with Gasteiger partial charge in [-0.3, -0.25) is 4.90 Å². The van der Waals surface area contributed by atoms with Gasteiger partial charge in [-0.2, -0.15) is 0 Å². The Labute approximate surface area is 79.7 Å². The van der Waals surface area contributed by atoms with Gasteiger partial charge in [-0.05, 0) is 20.0 Å². The van der Waals surface area contributed by atoms with Crippen molar-refractivity contribution in [2.45, 2.75) is 32.2 Å². The van der Waals surface area contributed by atoms with E-state index in [9.17, 15) is 4.79 Å². The molecule has 1 N–H and O–H groups in total. The SMILES string of the molecule is C#C[C@@H](C(=O)O)N(C)CCCCC. The largest absolute Gasteiger partial charge is 0.479 e. The average molecular weight is 183 g/mol. The highest BCUT2D eigenvalue weighted by molar-refractivity contribution is 5.77. The van der Waals surface area contributed by atoms with Gasteiger partial charge in [0.15, 0.2) is 6.04 Å². The third-order valence-corrected chi connectivity index (χ3v) is 1.95. The molecule has 0 aromatic heterocycles. The van der Waals surface area contributed by atoms with Gasteiger partial charge in [0, 0.05) is 0 Å². The Morgan fingerprint density at radius 3 is 2.62 bits per heavy atom. The van der Waals surface area contributed by atoms with Crippen molar-refractivity contribution in [1.82, 2.24) is 4.90 Å². The quantitative estimate of drug-likeness (QED) is 0.497. The number of nitrogens with zero attached hydrogens (tertiary/aromatic N) is 1. The molecule has 0 aliphatic heterocycles. The maximum absolute atomic E-state index is 10.6. The van der Waals surface area contributed by atoms with E-state index in [0.717, 1.165) is 25.8 Å². The highest BCUT2D eigenvalue weighted by atomic mass is 16.4. The molecular weight excluding hydrogens is 166 g/mol. The summed E-state index contributed by atoms with van der Waals surface area (Å²) < 4.78 is 0. The van der Waals surface area contributed by atoms with E-state index in [4.69, 9.17) is 11.5 Å². The van der Waals surface area contributed by atoms with Crippen LogP contribution in [0.2, 0.25) is 0 Å². The molecule has 0 aromatic carbocycles. The average Bonchev–Trinajstić information content (AvgIpc) is 2.05. The Kier molecular flexibility index (Phi) is 5.99. The van der Waals surface area contributed by atoms with Crippen LogP contribution in [0.3, 0.4) is 0 Å². The molecule has 0 aromatic rings. The molecule has 3 heteroatoms. The third kappa shape index (κ3) is 4.54. The Morgan fingerprint density at radius 2 is 2.23 bits per heavy atom. The lowest BCUT2D eigenvalue weighted by molar-refractivity contribution is -0.140. The van der Waals surface area contributed by atoms with E-state index in [1.807, 2.05) is 0 Å². The predicted octanol–water partition coefficient (Wildman–Crippen LogP) is 1.19. The zero-order valence-electron chi connectivity index (χ0n) is 8.29. The molecule has 0 aliphatic rings. The number of carboxylic acid groups (broad SMARTS) is 1. The number of carbonyl (C=O) groups is 1. The van der Waals surface area contributed by atoms with Gasteiger partial charge in [0.2, 0.25) is 0 Å². The van der Waals surface area contributed by atoms with E-state index in [2.05, 4.69) is 12.8 Å². The molecule has 0 fully saturated rings. The van der Waals surface area contributed by atoms with Crippen molar-refractivity contribution in [2.24, 2.45) is 0 Å². The van der Waals surface area contributed by atoms with Crippen LogP contribution in [-0.4, -0.2) is 35.6 Å². The summed E-state index contributed by atoms with van der Waals surface area (Å²) >= 11 is 0. The highest BCUT2D eigenvalue weighted by Crippen LogP contribution is 2.00. The molecule has 0 rings (SSSR count). The molecule has 1 atom stereocenters. The number of terminal acetylenes is 1. The van der Waals surface area contributed by atoms with Gasteiger partial charge in [-0.1, -0.05) is 25.7 Å². The van der Waals surface area contributed by atoms with E-state index >= 15 is 0 Å². The fourth-order valence-corrected chi connectivity index (χ4v) is 1.13. The summed E-state index contributed by atoms with van der Waals surface area (Å²) in [5.74, 6) is 1.31. The van der Waals surface area contributed by atoms with Gasteiger partial charge in [0.1, 0.15) is 0 Å². The van der Waals surface area contributed by atoms with Gasteiger partial charge >= 0.3 is 5.97 Å². The summed E-state index contributed by atoms with van der Waals surface area (Å²) in [6.07, 6.45) is 8.34. The third-order valence-electron chi connectivity index (χ3n) is 1.95. The minimum atomic E-state index is -0.943. The number of aliphatic carboxylic acids is 1. The van der Waals surface area contributed by atoms with Crippen LogP contribution in [0.15, 0.2) is 0 Å². The van der Waals surface area contributed by atoms with Crippen LogP contribution in [0, 0.1) is 12.3 Å². The van der Waals surface area contributed by atoms with Crippen LogP contribution in [0.25, 0.3) is 0 Å². The molecule has 0 amide bonds. The summed E-state index contributed by atoms with van der Waals surface area (Å²) in [5, 5.41) is 8.72. The van der Waals surface area contributed by atoms with Crippen molar-refractivity contribution in [3.8, 4) is 12.3 Å². The Hall–Kier alpha value is -1.01. The number of likely N-dealkylation sites (N-methyl/N-ethyl adjacent to an activating group) is 1. The van der Waals surface area contributed by atoms with Crippen molar-refractivity contribution in [1.29, 1.82) is 0 Å². The van der Waals surface area contributed by atoms with E-state index in [1.54, 1.807) is 11.9 Å². The maximum Gasteiger partial charge on any atom is 0.333 e. The molecule has 0 saturated carbocycles. The zero-order valence-corrected chi connectivity index (χ0v) is 8.29. The molecular formula is C10H17NO2. The summed E-state index contributed by atoms with van der Waals surface area (Å²) in [6, 6.07) is -0.781. The highest BCUT2D eigenvalue weighted by Gasteiger charge is 2.18. The van der Waals surface area contributed by atoms with Gasteiger partial charge < -0.3 is 5.11 Å². The zero-order chi connectivity index (χ0) is 10.3. The number of carboxylic acids is 1. The maximum atomic E-state index is 10.6. The summed E-state index contributed by atoms with van der Waals surface area (Å²) in [5.41, 5.74) is 0. The van der Waals surface area contributed by atoms with E-state index in [0.29, 0.717) is 0 Å².